The highest BCUT2D eigenvalue weighted by Gasteiger charge is 2.29. The highest BCUT2D eigenvalue weighted by Crippen LogP contribution is 2.38. The first-order chi connectivity index (χ1) is 7.61. The molecule has 0 spiro atoms. The van der Waals surface area contributed by atoms with Gasteiger partial charge in [-0.2, -0.15) is 0 Å². The molecule has 3 unspecified atom stereocenters. The first-order valence-electron chi connectivity index (χ1n) is 6.38. The van der Waals surface area contributed by atoms with Gasteiger partial charge in [-0.15, -0.1) is 0 Å². The quantitative estimate of drug-likeness (QED) is 0.834. The molecule has 3 heteroatoms. The lowest BCUT2D eigenvalue weighted by molar-refractivity contribution is 0.182. The summed E-state index contributed by atoms with van der Waals surface area (Å²) in [4.78, 5) is 4.26. The maximum atomic E-state index is 5.98. The van der Waals surface area contributed by atoms with Crippen LogP contribution in [0.2, 0.25) is 0 Å². The predicted octanol–water partition coefficient (Wildman–Crippen LogP) is 2.90. The summed E-state index contributed by atoms with van der Waals surface area (Å²) in [6, 6.07) is 0.666. The number of hydrogen-bond acceptors (Lipinski definition) is 2. The zero-order valence-electron chi connectivity index (χ0n) is 10.6. The van der Waals surface area contributed by atoms with E-state index in [1.54, 1.807) is 0 Å². The van der Waals surface area contributed by atoms with E-state index in [0.717, 1.165) is 11.8 Å². The van der Waals surface area contributed by atoms with Gasteiger partial charge in [0.25, 0.3) is 0 Å². The third kappa shape index (κ3) is 2.01. The zero-order chi connectivity index (χ0) is 11.7. The first-order valence-corrected chi connectivity index (χ1v) is 6.38. The fourth-order valence-electron chi connectivity index (χ4n) is 2.89. The van der Waals surface area contributed by atoms with Crippen molar-refractivity contribution in [2.45, 2.75) is 52.1 Å². The lowest BCUT2D eigenvalue weighted by atomic mass is 9.78. The Balaban J connectivity index is 2.25. The summed E-state index contributed by atoms with van der Waals surface area (Å²) < 4.78 is 2.31. The Hall–Kier alpha value is -0.830. The molecule has 2 N–H and O–H groups in total. The Morgan fingerprint density at radius 1 is 1.44 bits per heavy atom. The Labute approximate surface area is 98.1 Å². The van der Waals surface area contributed by atoms with Crippen LogP contribution in [0.1, 0.15) is 57.8 Å². The molecule has 1 aromatic rings. The molecule has 90 valence electrons. The van der Waals surface area contributed by atoms with Gasteiger partial charge < -0.3 is 10.3 Å². The van der Waals surface area contributed by atoms with Crippen molar-refractivity contribution in [1.29, 1.82) is 0 Å². The van der Waals surface area contributed by atoms with Crippen LogP contribution in [0.4, 0.5) is 0 Å². The molecule has 1 heterocycles. The molecule has 3 nitrogen and oxygen atoms in total. The minimum atomic E-state index is 0.0759. The molecule has 0 amide bonds. The van der Waals surface area contributed by atoms with Gasteiger partial charge in [0, 0.05) is 18.3 Å². The van der Waals surface area contributed by atoms with Gasteiger partial charge >= 0.3 is 0 Å². The molecule has 1 aromatic heterocycles. The average molecular weight is 221 g/mol. The topological polar surface area (TPSA) is 43.8 Å². The number of nitrogens with two attached hydrogens (primary N) is 1. The predicted molar refractivity (Wildman–Crippen MR) is 66.0 cm³/mol. The summed E-state index contributed by atoms with van der Waals surface area (Å²) in [7, 11) is 0. The van der Waals surface area contributed by atoms with Crippen LogP contribution < -0.4 is 5.73 Å². The van der Waals surface area contributed by atoms with Crippen molar-refractivity contribution < 1.29 is 0 Å². The minimum Gasteiger partial charge on any atom is -0.330 e. The van der Waals surface area contributed by atoms with Crippen LogP contribution in [0, 0.1) is 11.8 Å². The molecule has 2 rings (SSSR count). The third-order valence-electron chi connectivity index (χ3n) is 4.18. The molecule has 1 saturated carbocycles. The second-order valence-electron chi connectivity index (χ2n) is 5.35. The molecule has 1 aliphatic rings. The summed E-state index contributed by atoms with van der Waals surface area (Å²) in [5.41, 5.74) is 7.16. The number of nitrogens with zero attached hydrogens (tertiary/aromatic N) is 2. The van der Waals surface area contributed by atoms with Crippen molar-refractivity contribution >= 4 is 0 Å². The van der Waals surface area contributed by atoms with Crippen LogP contribution in [0.25, 0.3) is 0 Å². The molecule has 0 bridgehead atoms. The van der Waals surface area contributed by atoms with E-state index < -0.39 is 0 Å². The van der Waals surface area contributed by atoms with Crippen molar-refractivity contribution in [2.75, 3.05) is 0 Å². The second-order valence-corrected chi connectivity index (χ2v) is 5.35. The van der Waals surface area contributed by atoms with Crippen molar-refractivity contribution in [3.05, 3.63) is 18.2 Å². The van der Waals surface area contributed by atoms with Gasteiger partial charge in [0.05, 0.1) is 12.0 Å². The van der Waals surface area contributed by atoms with E-state index in [1.165, 1.54) is 25.0 Å². The standard InChI is InChI=1S/C13H23N3/c1-9-5-4-6-12(10(9)2)16-8-15-7-13(16)11(3)14/h7-12H,4-6,14H2,1-3H3/t9?,10?,11-,12?/m1/s1. The Kier molecular flexibility index (Phi) is 3.33. The molecular formula is C13H23N3. The van der Waals surface area contributed by atoms with Crippen LogP contribution >= 0.6 is 0 Å². The summed E-state index contributed by atoms with van der Waals surface area (Å²) in [5.74, 6) is 1.53. The molecule has 1 fully saturated rings. The molecule has 1 aliphatic carbocycles. The number of hydrogen-bond donors (Lipinski definition) is 1. The molecule has 0 aliphatic heterocycles. The maximum Gasteiger partial charge on any atom is 0.0951 e. The van der Waals surface area contributed by atoms with E-state index in [0.29, 0.717) is 6.04 Å². The fourth-order valence-corrected chi connectivity index (χ4v) is 2.89. The van der Waals surface area contributed by atoms with Crippen LogP contribution in [-0.2, 0) is 0 Å². The summed E-state index contributed by atoms with van der Waals surface area (Å²) >= 11 is 0. The van der Waals surface area contributed by atoms with E-state index >= 15 is 0 Å². The summed E-state index contributed by atoms with van der Waals surface area (Å²) in [6.45, 7) is 6.75. The van der Waals surface area contributed by atoms with Gasteiger partial charge in [-0.05, 0) is 25.2 Å². The van der Waals surface area contributed by atoms with E-state index in [1.807, 2.05) is 19.4 Å². The third-order valence-corrected chi connectivity index (χ3v) is 4.18. The number of rotatable bonds is 2. The number of aromatic nitrogens is 2. The average Bonchev–Trinajstić information content (AvgIpc) is 2.70. The Morgan fingerprint density at radius 3 is 2.88 bits per heavy atom. The summed E-state index contributed by atoms with van der Waals surface area (Å²) in [6.07, 6.45) is 7.82. The van der Waals surface area contributed by atoms with Crippen LogP contribution in [0.15, 0.2) is 12.5 Å². The maximum absolute atomic E-state index is 5.98. The first kappa shape index (κ1) is 11.6. The van der Waals surface area contributed by atoms with E-state index in [4.69, 9.17) is 5.73 Å². The molecular weight excluding hydrogens is 198 g/mol. The van der Waals surface area contributed by atoms with Crippen molar-refractivity contribution in [3.63, 3.8) is 0 Å². The minimum absolute atomic E-state index is 0.0759. The molecule has 4 atom stereocenters. The number of imidazole rings is 1. The van der Waals surface area contributed by atoms with Gasteiger partial charge in [-0.3, -0.25) is 0 Å². The lowest BCUT2D eigenvalue weighted by Gasteiger charge is -2.36. The monoisotopic (exact) mass is 221 g/mol. The van der Waals surface area contributed by atoms with Crippen molar-refractivity contribution in [1.82, 2.24) is 9.55 Å². The van der Waals surface area contributed by atoms with Gasteiger partial charge in [0.2, 0.25) is 0 Å². The highest BCUT2D eigenvalue weighted by molar-refractivity contribution is 5.06. The van der Waals surface area contributed by atoms with Gasteiger partial charge in [0.15, 0.2) is 0 Å². The summed E-state index contributed by atoms with van der Waals surface area (Å²) in [5, 5.41) is 0. The smallest absolute Gasteiger partial charge is 0.0951 e. The van der Waals surface area contributed by atoms with E-state index in [-0.39, 0.29) is 6.04 Å². The molecule has 0 aromatic carbocycles. The molecule has 0 radical (unpaired) electrons. The largest absolute Gasteiger partial charge is 0.330 e. The highest BCUT2D eigenvalue weighted by atomic mass is 15.1. The second kappa shape index (κ2) is 4.58. The normalized spacial score (nSPS) is 32.6. The fraction of sp³-hybridized carbons (Fsp3) is 0.769. The van der Waals surface area contributed by atoms with Crippen LogP contribution in [0.5, 0.6) is 0 Å². The molecule has 0 saturated heterocycles. The molecule has 16 heavy (non-hydrogen) atoms. The Bertz CT molecular complexity index is 343. The zero-order valence-corrected chi connectivity index (χ0v) is 10.6. The van der Waals surface area contributed by atoms with E-state index in [2.05, 4.69) is 23.4 Å². The van der Waals surface area contributed by atoms with Crippen molar-refractivity contribution in [2.24, 2.45) is 17.6 Å². The van der Waals surface area contributed by atoms with E-state index in [9.17, 15) is 0 Å². The van der Waals surface area contributed by atoms with Crippen molar-refractivity contribution in [3.8, 4) is 0 Å². The van der Waals surface area contributed by atoms with Gasteiger partial charge in [0.1, 0.15) is 0 Å². The Morgan fingerprint density at radius 2 is 2.19 bits per heavy atom. The van der Waals surface area contributed by atoms with Crippen LogP contribution in [-0.4, -0.2) is 9.55 Å². The SMILES string of the molecule is CC1CCCC(n2cncc2[C@@H](C)N)C1C. The lowest BCUT2D eigenvalue weighted by Crippen LogP contribution is -2.28. The van der Waals surface area contributed by atoms with Crippen LogP contribution in [0.3, 0.4) is 0 Å². The van der Waals surface area contributed by atoms with Gasteiger partial charge in [-0.25, -0.2) is 4.98 Å². The van der Waals surface area contributed by atoms with Gasteiger partial charge in [-0.1, -0.05) is 26.7 Å².